The van der Waals surface area contributed by atoms with Gasteiger partial charge in [0.1, 0.15) is 0 Å². The van der Waals surface area contributed by atoms with Crippen LogP contribution in [0.1, 0.15) is 32.7 Å². The smallest absolute Gasteiger partial charge is 0.335 e. The Morgan fingerprint density at radius 3 is 2.03 bits per heavy atom. The van der Waals surface area contributed by atoms with E-state index < -0.39 is 11.9 Å². The van der Waals surface area contributed by atoms with Gasteiger partial charge in [0.15, 0.2) is 0 Å². The molecular weight excluding hydrogens is 368 g/mol. The summed E-state index contributed by atoms with van der Waals surface area (Å²) in [4.78, 5) is 35.7. The Kier molecular flexibility index (Phi) is 6.37. The molecule has 2 amide bonds. The lowest BCUT2D eigenvalue weighted by atomic mass is 10.1. The maximum atomic E-state index is 12.5. The van der Waals surface area contributed by atoms with E-state index in [1.54, 1.807) is 36.4 Å². The molecule has 0 unspecified atom stereocenters. The first-order valence-electron chi connectivity index (χ1n) is 9.10. The lowest BCUT2D eigenvalue weighted by Crippen LogP contribution is -2.15. The lowest BCUT2D eigenvalue weighted by Gasteiger charge is -2.09. The first-order chi connectivity index (χ1) is 14.0. The number of amides is 2. The summed E-state index contributed by atoms with van der Waals surface area (Å²) in [5.74, 6) is -1.60. The minimum Gasteiger partial charge on any atom is -0.478 e. The Morgan fingerprint density at radius 2 is 1.34 bits per heavy atom. The van der Waals surface area contributed by atoms with Gasteiger partial charge in [-0.15, -0.1) is 0 Å². The highest BCUT2D eigenvalue weighted by molar-refractivity contribution is 6.05. The topological polar surface area (TPSA) is 95.5 Å². The van der Waals surface area contributed by atoms with Crippen LogP contribution in [0, 0.1) is 0 Å². The SMILES string of the molecule is O=C(CCc1ccccc1)Nc1cccc(C(=O)Nc2cccc(C(=O)O)c2)c1. The number of carbonyl (C=O) groups is 3. The zero-order chi connectivity index (χ0) is 20.6. The Labute approximate surface area is 168 Å². The van der Waals surface area contributed by atoms with Crippen LogP contribution in [-0.2, 0) is 11.2 Å². The van der Waals surface area contributed by atoms with E-state index in [0.29, 0.717) is 29.8 Å². The number of carboxylic acids is 1. The van der Waals surface area contributed by atoms with Crippen molar-refractivity contribution in [2.24, 2.45) is 0 Å². The lowest BCUT2D eigenvalue weighted by molar-refractivity contribution is -0.116. The molecule has 0 aliphatic carbocycles. The van der Waals surface area contributed by atoms with Crippen LogP contribution in [0.2, 0.25) is 0 Å². The molecule has 3 rings (SSSR count). The fourth-order valence-electron chi connectivity index (χ4n) is 2.80. The number of carboxylic acid groups (broad SMARTS) is 1. The Morgan fingerprint density at radius 1 is 0.724 bits per heavy atom. The minimum absolute atomic E-state index is 0.0854. The Bertz CT molecular complexity index is 1030. The van der Waals surface area contributed by atoms with Crippen LogP contribution in [0.25, 0.3) is 0 Å². The van der Waals surface area contributed by atoms with E-state index in [4.69, 9.17) is 5.11 Å². The molecule has 6 nitrogen and oxygen atoms in total. The van der Waals surface area contributed by atoms with Gasteiger partial charge in [0.25, 0.3) is 5.91 Å². The average Bonchev–Trinajstić information content (AvgIpc) is 2.73. The third-order valence-corrected chi connectivity index (χ3v) is 4.26. The van der Waals surface area contributed by atoms with E-state index in [0.717, 1.165) is 5.56 Å². The second kappa shape index (κ2) is 9.32. The molecule has 0 spiro atoms. The highest BCUT2D eigenvalue weighted by Crippen LogP contribution is 2.16. The van der Waals surface area contributed by atoms with Gasteiger partial charge in [0.05, 0.1) is 5.56 Å². The number of aromatic carboxylic acids is 1. The summed E-state index contributed by atoms with van der Waals surface area (Å²) >= 11 is 0. The van der Waals surface area contributed by atoms with Crippen LogP contribution in [0.3, 0.4) is 0 Å². The first kappa shape index (κ1) is 19.8. The summed E-state index contributed by atoms with van der Waals surface area (Å²) in [6, 6.07) is 22.3. The molecule has 0 radical (unpaired) electrons. The maximum absolute atomic E-state index is 12.5. The summed E-state index contributed by atoms with van der Waals surface area (Å²) in [6.07, 6.45) is 0.967. The van der Waals surface area contributed by atoms with Crippen molar-refractivity contribution in [2.45, 2.75) is 12.8 Å². The number of rotatable bonds is 7. The third-order valence-electron chi connectivity index (χ3n) is 4.26. The molecule has 6 heteroatoms. The van der Waals surface area contributed by atoms with Gasteiger partial charge in [0, 0.05) is 23.4 Å². The van der Waals surface area contributed by atoms with Crippen LogP contribution in [0.5, 0.6) is 0 Å². The second-order valence-electron chi connectivity index (χ2n) is 6.45. The average molecular weight is 388 g/mol. The van der Waals surface area contributed by atoms with Gasteiger partial charge < -0.3 is 15.7 Å². The number of anilines is 2. The molecule has 146 valence electrons. The van der Waals surface area contributed by atoms with Crippen LogP contribution in [-0.4, -0.2) is 22.9 Å². The fraction of sp³-hybridized carbons (Fsp3) is 0.0870. The molecule has 0 saturated carbocycles. The number of aryl methyl sites for hydroxylation is 1. The molecule has 0 heterocycles. The molecule has 29 heavy (non-hydrogen) atoms. The van der Waals surface area contributed by atoms with Crippen molar-refractivity contribution in [3.05, 3.63) is 95.6 Å². The van der Waals surface area contributed by atoms with E-state index >= 15 is 0 Å². The van der Waals surface area contributed by atoms with Crippen molar-refractivity contribution in [3.63, 3.8) is 0 Å². The summed E-state index contributed by atoms with van der Waals surface area (Å²) in [6.45, 7) is 0. The number of nitrogens with one attached hydrogen (secondary N) is 2. The van der Waals surface area contributed by atoms with Gasteiger partial charge in [-0.05, 0) is 48.4 Å². The van der Waals surface area contributed by atoms with Crippen LogP contribution < -0.4 is 10.6 Å². The van der Waals surface area contributed by atoms with Crippen molar-refractivity contribution >= 4 is 29.2 Å². The molecule has 0 atom stereocenters. The third kappa shape index (κ3) is 5.77. The van der Waals surface area contributed by atoms with Crippen molar-refractivity contribution in [1.29, 1.82) is 0 Å². The van der Waals surface area contributed by atoms with E-state index in [2.05, 4.69) is 10.6 Å². The van der Waals surface area contributed by atoms with Gasteiger partial charge in [-0.25, -0.2) is 4.79 Å². The van der Waals surface area contributed by atoms with E-state index in [-0.39, 0.29) is 11.5 Å². The molecule has 3 N–H and O–H groups in total. The second-order valence-corrected chi connectivity index (χ2v) is 6.45. The van der Waals surface area contributed by atoms with E-state index in [1.807, 2.05) is 30.3 Å². The van der Waals surface area contributed by atoms with Crippen molar-refractivity contribution < 1.29 is 19.5 Å². The van der Waals surface area contributed by atoms with Crippen LogP contribution >= 0.6 is 0 Å². The molecule has 0 aliphatic heterocycles. The van der Waals surface area contributed by atoms with Crippen molar-refractivity contribution in [1.82, 2.24) is 0 Å². The largest absolute Gasteiger partial charge is 0.478 e. The zero-order valence-electron chi connectivity index (χ0n) is 15.6. The normalized spacial score (nSPS) is 10.2. The van der Waals surface area contributed by atoms with Gasteiger partial charge in [-0.2, -0.15) is 0 Å². The fourth-order valence-corrected chi connectivity index (χ4v) is 2.80. The number of carbonyl (C=O) groups excluding carboxylic acids is 2. The van der Waals surface area contributed by atoms with Crippen LogP contribution in [0.4, 0.5) is 11.4 Å². The molecule has 3 aromatic carbocycles. The molecule has 0 saturated heterocycles. The van der Waals surface area contributed by atoms with Gasteiger partial charge in [0.2, 0.25) is 5.91 Å². The van der Waals surface area contributed by atoms with Gasteiger partial charge in [-0.3, -0.25) is 9.59 Å². The van der Waals surface area contributed by atoms with E-state index in [1.165, 1.54) is 12.1 Å². The van der Waals surface area contributed by atoms with Crippen molar-refractivity contribution in [3.8, 4) is 0 Å². The quantitative estimate of drug-likeness (QED) is 0.565. The first-order valence-corrected chi connectivity index (χ1v) is 9.10. The predicted octanol–water partition coefficient (Wildman–Crippen LogP) is 4.21. The predicted molar refractivity (Wildman–Crippen MR) is 111 cm³/mol. The van der Waals surface area contributed by atoms with Crippen LogP contribution in [0.15, 0.2) is 78.9 Å². The van der Waals surface area contributed by atoms with Gasteiger partial charge >= 0.3 is 5.97 Å². The molecule has 0 fully saturated rings. The zero-order valence-corrected chi connectivity index (χ0v) is 15.6. The number of hydrogen-bond donors (Lipinski definition) is 3. The number of benzene rings is 3. The maximum Gasteiger partial charge on any atom is 0.335 e. The highest BCUT2D eigenvalue weighted by atomic mass is 16.4. The summed E-state index contributed by atoms with van der Waals surface area (Å²) in [5.41, 5.74) is 2.43. The molecule has 0 bridgehead atoms. The summed E-state index contributed by atoms with van der Waals surface area (Å²) in [5, 5.41) is 14.5. The standard InChI is InChI=1S/C23H20N2O4/c26-21(13-12-16-6-2-1-3-7-16)24-19-10-4-8-17(14-19)22(27)25-20-11-5-9-18(15-20)23(28)29/h1-11,14-15H,12-13H2,(H,24,26)(H,25,27)(H,28,29). The monoisotopic (exact) mass is 388 g/mol. The minimum atomic E-state index is -1.07. The molecule has 0 aromatic heterocycles. The van der Waals surface area contributed by atoms with Gasteiger partial charge in [-0.1, -0.05) is 42.5 Å². The highest BCUT2D eigenvalue weighted by Gasteiger charge is 2.10. The van der Waals surface area contributed by atoms with E-state index in [9.17, 15) is 14.4 Å². The molecule has 0 aliphatic rings. The molecular formula is C23H20N2O4. The Hall–Kier alpha value is -3.93. The Balaban J connectivity index is 1.61. The summed E-state index contributed by atoms with van der Waals surface area (Å²) in [7, 11) is 0. The van der Waals surface area contributed by atoms with Crippen molar-refractivity contribution in [2.75, 3.05) is 10.6 Å². The summed E-state index contributed by atoms with van der Waals surface area (Å²) < 4.78 is 0. The number of hydrogen-bond acceptors (Lipinski definition) is 3. The molecule has 3 aromatic rings.